The molecule has 2 nitrogen and oxygen atoms in total. The van der Waals surface area contributed by atoms with E-state index in [0.717, 1.165) is 30.8 Å². The summed E-state index contributed by atoms with van der Waals surface area (Å²) in [6.07, 6.45) is 3.58. The summed E-state index contributed by atoms with van der Waals surface area (Å²) in [4.78, 5) is 0. The van der Waals surface area contributed by atoms with Gasteiger partial charge in [0.2, 0.25) is 0 Å². The second-order valence-electron chi connectivity index (χ2n) is 4.76. The van der Waals surface area contributed by atoms with E-state index in [1.165, 1.54) is 18.9 Å². The first kappa shape index (κ1) is 10.1. The lowest BCUT2D eigenvalue weighted by molar-refractivity contribution is 0.461. The van der Waals surface area contributed by atoms with Gasteiger partial charge in [-0.15, -0.1) is 0 Å². The van der Waals surface area contributed by atoms with Crippen LogP contribution in [-0.2, 0) is 0 Å². The van der Waals surface area contributed by atoms with Gasteiger partial charge in [0.05, 0.1) is 0 Å². The summed E-state index contributed by atoms with van der Waals surface area (Å²) in [7, 11) is 0. The predicted octanol–water partition coefficient (Wildman–Crippen LogP) is 2.48. The molecule has 16 heavy (non-hydrogen) atoms. The van der Waals surface area contributed by atoms with Crippen molar-refractivity contribution in [2.45, 2.75) is 31.2 Å². The maximum Gasteiger partial charge on any atom is 0.123 e. The van der Waals surface area contributed by atoms with E-state index >= 15 is 0 Å². The molecule has 2 unspecified atom stereocenters. The smallest absolute Gasteiger partial charge is 0.123 e. The Balaban J connectivity index is 1.94. The highest BCUT2D eigenvalue weighted by Crippen LogP contribution is 2.36. The molecule has 1 aromatic carbocycles. The number of hydrogen-bond acceptors (Lipinski definition) is 2. The van der Waals surface area contributed by atoms with E-state index in [2.05, 4.69) is 10.6 Å². The molecule has 0 amide bonds. The summed E-state index contributed by atoms with van der Waals surface area (Å²) in [5, 5.41) is 6.89. The van der Waals surface area contributed by atoms with Gasteiger partial charge in [0, 0.05) is 24.2 Å². The Labute approximate surface area is 95.2 Å². The van der Waals surface area contributed by atoms with E-state index in [-0.39, 0.29) is 5.82 Å². The van der Waals surface area contributed by atoms with Gasteiger partial charge in [0.1, 0.15) is 5.82 Å². The monoisotopic (exact) mass is 220 g/mol. The molecule has 2 aliphatic heterocycles. The van der Waals surface area contributed by atoms with E-state index in [4.69, 9.17) is 0 Å². The van der Waals surface area contributed by atoms with Gasteiger partial charge in [-0.2, -0.15) is 0 Å². The first-order valence-corrected chi connectivity index (χ1v) is 6.11. The van der Waals surface area contributed by atoms with Crippen molar-refractivity contribution >= 4 is 5.69 Å². The Bertz CT molecular complexity index is 386. The van der Waals surface area contributed by atoms with Gasteiger partial charge in [-0.05, 0) is 49.6 Å². The van der Waals surface area contributed by atoms with E-state index in [1.807, 2.05) is 6.07 Å². The third kappa shape index (κ3) is 1.69. The molecule has 0 aromatic heterocycles. The van der Waals surface area contributed by atoms with Crippen molar-refractivity contribution < 1.29 is 4.39 Å². The molecule has 2 aliphatic rings. The van der Waals surface area contributed by atoms with Crippen molar-refractivity contribution in [3.8, 4) is 0 Å². The third-order valence-electron chi connectivity index (χ3n) is 3.77. The number of nitrogens with one attached hydrogen (secondary N) is 2. The SMILES string of the molecule is Fc1ccc2c(c1)C(C1CCCN1)CCN2. The third-order valence-corrected chi connectivity index (χ3v) is 3.77. The number of fused-ring (bicyclic) bond motifs is 1. The van der Waals surface area contributed by atoms with Crippen LogP contribution in [0.3, 0.4) is 0 Å². The second-order valence-corrected chi connectivity index (χ2v) is 4.76. The number of hydrogen-bond donors (Lipinski definition) is 2. The van der Waals surface area contributed by atoms with Crippen LogP contribution in [0.25, 0.3) is 0 Å². The summed E-state index contributed by atoms with van der Waals surface area (Å²) in [6, 6.07) is 5.65. The Morgan fingerprint density at radius 1 is 1.19 bits per heavy atom. The second kappa shape index (κ2) is 4.06. The summed E-state index contributed by atoms with van der Waals surface area (Å²) < 4.78 is 13.3. The molecule has 2 atom stereocenters. The van der Waals surface area contributed by atoms with Gasteiger partial charge in [0.15, 0.2) is 0 Å². The quantitative estimate of drug-likeness (QED) is 0.759. The van der Waals surface area contributed by atoms with Crippen LogP contribution in [0.2, 0.25) is 0 Å². The zero-order valence-corrected chi connectivity index (χ0v) is 9.30. The number of halogens is 1. The lowest BCUT2D eigenvalue weighted by Gasteiger charge is -2.31. The Kier molecular flexibility index (Phi) is 2.56. The zero-order chi connectivity index (χ0) is 11.0. The van der Waals surface area contributed by atoms with E-state index in [0.29, 0.717) is 12.0 Å². The van der Waals surface area contributed by atoms with E-state index < -0.39 is 0 Å². The first-order chi connectivity index (χ1) is 7.84. The molecule has 0 saturated carbocycles. The van der Waals surface area contributed by atoms with Crippen molar-refractivity contribution in [1.82, 2.24) is 5.32 Å². The van der Waals surface area contributed by atoms with Crippen LogP contribution < -0.4 is 10.6 Å². The topological polar surface area (TPSA) is 24.1 Å². The molecule has 0 bridgehead atoms. The summed E-state index contributed by atoms with van der Waals surface area (Å²) in [5.41, 5.74) is 2.28. The van der Waals surface area contributed by atoms with Crippen LogP contribution in [0.5, 0.6) is 0 Å². The normalized spacial score (nSPS) is 28.6. The van der Waals surface area contributed by atoms with Crippen LogP contribution >= 0.6 is 0 Å². The molecule has 3 heteroatoms. The molecule has 2 N–H and O–H groups in total. The molecule has 1 fully saturated rings. The van der Waals surface area contributed by atoms with Gasteiger partial charge in [-0.3, -0.25) is 0 Å². The van der Waals surface area contributed by atoms with Crippen molar-refractivity contribution in [2.24, 2.45) is 0 Å². The van der Waals surface area contributed by atoms with Gasteiger partial charge in [-0.25, -0.2) is 4.39 Å². The minimum Gasteiger partial charge on any atom is -0.385 e. The maximum atomic E-state index is 13.3. The largest absolute Gasteiger partial charge is 0.385 e. The van der Waals surface area contributed by atoms with Crippen LogP contribution in [-0.4, -0.2) is 19.1 Å². The first-order valence-electron chi connectivity index (χ1n) is 6.11. The van der Waals surface area contributed by atoms with Crippen LogP contribution in [0.15, 0.2) is 18.2 Å². The average Bonchev–Trinajstić information content (AvgIpc) is 2.81. The maximum absolute atomic E-state index is 13.3. The summed E-state index contributed by atoms with van der Waals surface area (Å²) in [5.74, 6) is 0.361. The molecule has 0 spiro atoms. The van der Waals surface area contributed by atoms with E-state index in [9.17, 15) is 4.39 Å². The van der Waals surface area contributed by atoms with Crippen molar-refractivity contribution in [1.29, 1.82) is 0 Å². The van der Waals surface area contributed by atoms with Crippen LogP contribution in [0, 0.1) is 5.82 Å². The minimum atomic E-state index is -0.120. The molecule has 2 heterocycles. The highest BCUT2D eigenvalue weighted by Gasteiger charge is 2.29. The Morgan fingerprint density at radius 3 is 2.94 bits per heavy atom. The lowest BCUT2D eigenvalue weighted by Crippen LogP contribution is -2.33. The van der Waals surface area contributed by atoms with E-state index in [1.54, 1.807) is 6.07 Å². The summed E-state index contributed by atoms with van der Waals surface area (Å²) in [6.45, 7) is 2.11. The molecule has 3 rings (SSSR count). The van der Waals surface area contributed by atoms with Crippen LogP contribution in [0.4, 0.5) is 10.1 Å². The van der Waals surface area contributed by atoms with Crippen molar-refractivity contribution in [3.63, 3.8) is 0 Å². The van der Waals surface area contributed by atoms with Crippen molar-refractivity contribution in [3.05, 3.63) is 29.6 Å². The molecule has 86 valence electrons. The molecule has 1 saturated heterocycles. The highest BCUT2D eigenvalue weighted by molar-refractivity contribution is 5.55. The Hall–Kier alpha value is -1.09. The lowest BCUT2D eigenvalue weighted by atomic mass is 9.84. The van der Waals surface area contributed by atoms with Gasteiger partial charge in [-0.1, -0.05) is 0 Å². The fourth-order valence-electron chi connectivity index (χ4n) is 2.99. The highest BCUT2D eigenvalue weighted by atomic mass is 19.1. The van der Waals surface area contributed by atoms with Gasteiger partial charge in [0.25, 0.3) is 0 Å². The standard InChI is InChI=1S/C13H17FN2/c14-9-3-4-13-11(8-9)10(5-7-16-13)12-2-1-6-15-12/h3-4,8,10,12,15-16H,1-2,5-7H2. The molecule has 0 aliphatic carbocycles. The fraction of sp³-hybridized carbons (Fsp3) is 0.538. The molecule has 1 aromatic rings. The number of benzene rings is 1. The van der Waals surface area contributed by atoms with Crippen molar-refractivity contribution in [2.75, 3.05) is 18.4 Å². The molecular weight excluding hydrogens is 203 g/mol. The number of anilines is 1. The van der Waals surface area contributed by atoms with Crippen LogP contribution in [0.1, 0.15) is 30.7 Å². The van der Waals surface area contributed by atoms with Gasteiger partial charge >= 0.3 is 0 Å². The minimum absolute atomic E-state index is 0.120. The average molecular weight is 220 g/mol. The zero-order valence-electron chi connectivity index (χ0n) is 9.30. The Morgan fingerprint density at radius 2 is 2.12 bits per heavy atom. The molecule has 0 radical (unpaired) electrons. The molecular formula is C13H17FN2. The van der Waals surface area contributed by atoms with Gasteiger partial charge < -0.3 is 10.6 Å². The fourth-order valence-corrected chi connectivity index (χ4v) is 2.99. The summed E-state index contributed by atoms with van der Waals surface area (Å²) >= 11 is 0. The number of rotatable bonds is 1. The predicted molar refractivity (Wildman–Crippen MR) is 63.3 cm³/mol.